The molecule has 3 aromatic rings. The summed E-state index contributed by atoms with van der Waals surface area (Å²) in [4.78, 5) is 29.2. The number of carbonyl (C=O) groups is 2. The topological polar surface area (TPSA) is 97.4 Å². The predicted molar refractivity (Wildman–Crippen MR) is 141 cm³/mol. The van der Waals surface area contributed by atoms with Crippen LogP contribution in [0.4, 0.5) is 17.2 Å². The Hall–Kier alpha value is -3.44. The molecular formula is C27H30N3O4P. The average Bonchev–Trinajstić information content (AvgIpc) is 3.69. The summed E-state index contributed by atoms with van der Waals surface area (Å²) >= 11 is 0. The fourth-order valence-electron chi connectivity index (χ4n) is 3.85. The van der Waals surface area contributed by atoms with Gasteiger partial charge in [-0.1, -0.05) is 37.3 Å². The summed E-state index contributed by atoms with van der Waals surface area (Å²) in [5.74, 6) is 0.897. The Balaban J connectivity index is 1.74. The number of pyridine rings is 1. The van der Waals surface area contributed by atoms with Gasteiger partial charge in [0.15, 0.2) is 5.78 Å². The molecule has 1 aromatic heterocycles. The van der Waals surface area contributed by atoms with Crippen LogP contribution in [0.5, 0.6) is 5.75 Å². The van der Waals surface area contributed by atoms with Gasteiger partial charge >= 0.3 is 0 Å². The molecular weight excluding hydrogens is 461 g/mol. The summed E-state index contributed by atoms with van der Waals surface area (Å²) in [6.07, 6.45) is 3.60. The summed E-state index contributed by atoms with van der Waals surface area (Å²) in [7, 11) is -0.845. The van der Waals surface area contributed by atoms with Crippen molar-refractivity contribution in [3.8, 4) is 16.9 Å². The van der Waals surface area contributed by atoms with Crippen LogP contribution in [-0.2, 0) is 9.36 Å². The zero-order chi connectivity index (χ0) is 25.2. The third-order valence-electron chi connectivity index (χ3n) is 5.99. The lowest BCUT2D eigenvalue weighted by Crippen LogP contribution is -2.15. The minimum atomic E-state index is -2.43. The summed E-state index contributed by atoms with van der Waals surface area (Å²) in [6.45, 7) is 5.29. The first-order valence-corrected chi connectivity index (χ1v) is 14.3. The molecule has 0 radical (unpaired) electrons. The second kappa shape index (κ2) is 10.0. The van der Waals surface area contributed by atoms with Crippen LogP contribution in [0.2, 0.25) is 0 Å². The molecule has 1 aliphatic carbocycles. The largest absolute Gasteiger partial charge is 0.494 e. The second-order valence-electron chi connectivity index (χ2n) is 9.07. The number of para-hydroxylation sites is 1. The molecule has 7 nitrogen and oxygen atoms in total. The first-order chi connectivity index (χ1) is 16.7. The summed E-state index contributed by atoms with van der Waals surface area (Å²) < 4.78 is 18.4. The van der Waals surface area contributed by atoms with Crippen molar-refractivity contribution in [1.82, 2.24) is 4.98 Å². The number of amides is 1. The molecule has 1 fully saturated rings. The molecule has 1 heterocycles. The first kappa shape index (κ1) is 24.7. The highest BCUT2D eigenvalue weighted by atomic mass is 31.2. The van der Waals surface area contributed by atoms with Gasteiger partial charge in [0.2, 0.25) is 5.91 Å². The van der Waals surface area contributed by atoms with Crippen molar-refractivity contribution in [3.05, 3.63) is 60.3 Å². The number of methoxy groups -OCH3 is 1. The molecule has 182 valence electrons. The average molecular weight is 492 g/mol. The van der Waals surface area contributed by atoms with E-state index in [1.807, 2.05) is 42.5 Å². The highest BCUT2D eigenvalue weighted by Crippen LogP contribution is 2.41. The van der Waals surface area contributed by atoms with Crippen molar-refractivity contribution >= 4 is 41.3 Å². The third kappa shape index (κ3) is 5.63. The van der Waals surface area contributed by atoms with Crippen molar-refractivity contribution in [2.24, 2.45) is 5.92 Å². The van der Waals surface area contributed by atoms with Crippen LogP contribution in [0.15, 0.2) is 54.7 Å². The van der Waals surface area contributed by atoms with Gasteiger partial charge in [0.1, 0.15) is 18.7 Å². The lowest BCUT2D eigenvalue weighted by Gasteiger charge is -2.18. The fraction of sp³-hybridized carbons (Fsp3) is 0.296. The maximum Gasteiger partial charge on any atom is 0.228 e. The number of anilines is 3. The van der Waals surface area contributed by atoms with Gasteiger partial charge in [0, 0.05) is 35.5 Å². The maximum atomic E-state index is 12.6. The fourth-order valence-corrected chi connectivity index (χ4v) is 4.74. The van der Waals surface area contributed by atoms with E-state index in [2.05, 4.69) is 15.6 Å². The van der Waals surface area contributed by atoms with Crippen LogP contribution >= 0.6 is 7.14 Å². The Labute approximate surface area is 205 Å². The third-order valence-corrected chi connectivity index (χ3v) is 7.51. The number of ketones is 1. The van der Waals surface area contributed by atoms with E-state index in [9.17, 15) is 14.2 Å². The summed E-state index contributed by atoms with van der Waals surface area (Å²) in [6, 6.07) is 15.0. The molecule has 0 atom stereocenters. The van der Waals surface area contributed by atoms with Gasteiger partial charge in [-0.2, -0.15) is 0 Å². The van der Waals surface area contributed by atoms with Gasteiger partial charge in [0.25, 0.3) is 0 Å². The van der Waals surface area contributed by atoms with Crippen molar-refractivity contribution in [1.29, 1.82) is 0 Å². The van der Waals surface area contributed by atoms with E-state index in [-0.39, 0.29) is 17.6 Å². The summed E-state index contributed by atoms with van der Waals surface area (Å²) in [5.41, 5.74) is 3.33. The van der Waals surface area contributed by atoms with E-state index in [0.717, 1.165) is 29.3 Å². The zero-order valence-electron chi connectivity index (χ0n) is 20.4. The zero-order valence-corrected chi connectivity index (χ0v) is 21.3. The lowest BCUT2D eigenvalue weighted by molar-refractivity contribution is -0.117. The Morgan fingerprint density at radius 3 is 2.49 bits per heavy atom. The van der Waals surface area contributed by atoms with E-state index in [0.29, 0.717) is 34.9 Å². The minimum absolute atomic E-state index is 0.0410. The highest BCUT2D eigenvalue weighted by Gasteiger charge is 2.30. The highest BCUT2D eigenvalue weighted by molar-refractivity contribution is 7.70. The predicted octanol–water partition coefficient (Wildman–Crippen LogP) is 5.69. The molecule has 4 rings (SSSR count). The Bertz CT molecular complexity index is 1330. The molecule has 2 N–H and O–H groups in total. The number of carbonyl (C=O) groups excluding carboxylic acids is 2. The molecule has 0 bridgehead atoms. The van der Waals surface area contributed by atoms with Crippen molar-refractivity contribution in [2.45, 2.75) is 26.2 Å². The van der Waals surface area contributed by atoms with Gasteiger partial charge in [0.05, 0.1) is 24.0 Å². The SMILES string of the molecule is CCC(=O)c1cnc(NC(=O)C2CC2)cc1Nc1cccc(-c2cccc(P(C)(C)=O)c2)c1OC. The number of nitrogens with one attached hydrogen (secondary N) is 2. The number of rotatable bonds is 9. The van der Waals surface area contributed by atoms with Crippen LogP contribution < -0.4 is 20.7 Å². The van der Waals surface area contributed by atoms with Crippen LogP contribution in [0, 0.1) is 5.92 Å². The van der Waals surface area contributed by atoms with Gasteiger partial charge in [-0.15, -0.1) is 0 Å². The standard InChI is InChI=1S/C27H30N3O4P/c1-5-24(31)21-16-28-25(30-27(32)17-12-13-17)15-23(21)29-22-11-7-10-20(26(22)34-2)18-8-6-9-19(14-18)35(3,4)33/h6-11,14-17H,5,12-13H2,1-4H3,(H2,28,29,30,32). The van der Waals surface area contributed by atoms with Crippen LogP contribution in [0.3, 0.4) is 0 Å². The van der Waals surface area contributed by atoms with Crippen molar-refractivity contribution in [3.63, 3.8) is 0 Å². The molecule has 1 amide bonds. The van der Waals surface area contributed by atoms with E-state index < -0.39 is 7.14 Å². The van der Waals surface area contributed by atoms with Crippen LogP contribution in [0.25, 0.3) is 11.1 Å². The monoisotopic (exact) mass is 491 g/mol. The second-order valence-corrected chi connectivity index (χ2v) is 12.3. The number of hydrogen-bond acceptors (Lipinski definition) is 6. The molecule has 8 heteroatoms. The van der Waals surface area contributed by atoms with Crippen LogP contribution in [0.1, 0.15) is 36.5 Å². The number of benzene rings is 2. The molecule has 0 unspecified atom stereocenters. The van der Waals surface area contributed by atoms with Crippen molar-refractivity contribution in [2.75, 3.05) is 31.1 Å². The molecule has 1 saturated carbocycles. The molecule has 1 aliphatic rings. The van der Waals surface area contributed by atoms with E-state index in [4.69, 9.17) is 4.74 Å². The van der Waals surface area contributed by atoms with Gasteiger partial charge < -0.3 is 19.9 Å². The van der Waals surface area contributed by atoms with E-state index in [1.54, 1.807) is 33.4 Å². The normalized spacial score (nSPS) is 13.3. The molecule has 35 heavy (non-hydrogen) atoms. The van der Waals surface area contributed by atoms with Gasteiger partial charge in [-0.25, -0.2) is 4.98 Å². The quantitative estimate of drug-likeness (QED) is 0.295. The van der Waals surface area contributed by atoms with Crippen molar-refractivity contribution < 1.29 is 18.9 Å². The Morgan fingerprint density at radius 2 is 1.83 bits per heavy atom. The van der Waals surface area contributed by atoms with E-state index in [1.165, 1.54) is 6.20 Å². The number of nitrogens with zero attached hydrogens (tertiary/aromatic N) is 1. The number of aromatic nitrogens is 1. The van der Waals surface area contributed by atoms with Gasteiger partial charge in [-0.05, 0) is 43.9 Å². The molecule has 0 spiro atoms. The number of hydrogen-bond donors (Lipinski definition) is 2. The first-order valence-electron chi connectivity index (χ1n) is 11.7. The summed E-state index contributed by atoms with van der Waals surface area (Å²) in [5, 5.41) is 6.96. The van der Waals surface area contributed by atoms with E-state index >= 15 is 0 Å². The maximum absolute atomic E-state index is 12.6. The Kier molecular flexibility index (Phi) is 7.08. The lowest BCUT2D eigenvalue weighted by atomic mass is 10.0. The smallest absolute Gasteiger partial charge is 0.228 e. The molecule has 2 aromatic carbocycles. The Morgan fingerprint density at radius 1 is 1.09 bits per heavy atom. The minimum Gasteiger partial charge on any atom is -0.494 e. The molecule has 0 saturated heterocycles. The number of Topliss-reactive ketones (excluding diaryl/α,β-unsaturated/α-hetero) is 1. The number of ether oxygens (including phenoxy) is 1. The molecule has 0 aliphatic heterocycles. The van der Waals surface area contributed by atoms with Crippen LogP contribution in [-0.4, -0.2) is 37.1 Å². The van der Waals surface area contributed by atoms with Gasteiger partial charge in [-0.3, -0.25) is 9.59 Å².